The Bertz CT molecular complexity index is 992. The zero-order valence-electron chi connectivity index (χ0n) is 17.0. The first-order chi connectivity index (χ1) is 14.1. The fourth-order valence-corrected chi connectivity index (χ4v) is 3.54. The maximum Gasteiger partial charge on any atom is 0.270 e. The first-order valence-electron chi connectivity index (χ1n) is 10.3. The van der Waals surface area contributed by atoms with E-state index in [1.807, 2.05) is 28.8 Å². The third-order valence-electron chi connectivity index (χ3n) is 5.22. The van der Waals surface area contributed by atoms with Crippen LogP contribution in [0.1, 0.15) is 61.0 Å². The molecule has 4 rings (SSSR count). The lowest BCUT2D eigenvalue weighted by Crippen LogP contribution is -2.33. The number of fused-ring (bicyclic) bond motifs is 1. The molecule has 3 aromatic rings. The summed E-state index contributed by atoms with van der Waals surface area (Å²) in [5, 5.41) is 11.3. The molecule has 1 N–H and O–H groups in total. The number of rotatable bonds is 6. The van der Waals surface area contributed by atoms with E-state index < -0.39 is 0 Å². The van der Waals surface area contributed by atoms with E-state index in [0.717, 1.165) is 43.1 Å². The molecule has 3 aromatic heterocycles. The Labute approximate surface area is 170 Å². The molecule has 1 fully saturated rings. The smallest absolute Gasteiger partial charge is 0.270 e. The average Bonchev–Trinajstić information content (AvgIpc) is 3.17. The minimum absolute atomic E-state index is 0.179. The molecule has 0 radical (unpaired) electrons. The molecule has 0 atom stereocenters. The number of nitrogens with one attached hydrogen (secondary N) is 1. The van der Waals surface area contributed by atoms with Crippen LogP contribution in [-0.4, -0.2) is 50.1 Å². The fourth-order valence-electron chi connectivity index (χ4n) is 3.54. The van der Waals surface area contributed by atoms with Gasteiger partial charge in [-0.25, -0.2) is 9.97 Å². The molecular formula is C21H27N7O. The minimum atomic E-state index is -0.179. The molecule has 0 aromatic carbocycles. The lowest BCUT2D eigenvalue weighted by Gasteiger charge is -2.27. The van der Waals surface area contributed by atoms with Gasteiger partial charge >= 0.3 is 0 Å². The van der Waals surface area contributed by atoms with Gasteiger partial charge in [-0.05, 0) is 43.4 Å². The van der Waals surface area contributed by atoms with Gasteiger partial charge in [-0.15, -0.1) is 10.2 Å². The van der Waals surface area contributed by atoms with E-state index in [0.29, 0.717) is 24.6 Å². The predicted molar refractivity (Wildman–Crippen MR) is 111 cm³/mol. The van der Waals surface area contributed by atoms with Crippen LogP contribution in [0.15, 0.2) is 30.5 Å². The lowest BCUT2D eigenvalue weighted by molar-refractivity contribution is 0.0948. The van der Waals surface area contributed by atoms with Gasteiger partial charge in [0, 0.05) is 37.9 Å². The highest BCUT2D eigenvalue weighted by Crippen LogP contribution is 2.20. The number of anilines is 1. The van der Waals surface area contributed by atoms with Crippen molar-refractivity contribution in [2.24, 2.45) is 0 Å². The SMILES string of the molecule is CC(C)c1cc(C(=O)NCCc2nnc3ccccn23)nc(N2CCCCC2)n1. The van der Waals surface area contributed by atoms with Crippen molar-refractivity contribution in [3.63, 3.8) is 0 Å². The van der Waals surface area contributed by atoms with Gasteiger partial charge in [0.1, 0.15) is 11.5 Å². The summed E-state index contributed by atoms with van der Waals surface area (Å²) >= 11 is 0. The van der Waals surface area contributed by atoms with Crippen molar-refractivity contribution in [2.75, 3.05) is 24.5 Å². The Hall–Kier alpha value is -3.03. The first kappa shape index (κ1) is 19.3. The van der Waals surface area contributed by atoms with Gasteiger partial charge in [0.25, 0.3) is 5.91 Å². The van der Waals surface area contributed by atoms with Crippen LogP contribution >= 0.6 is 0 Å². The molecule has 0 spiro atoms. The summed E-state index contributed by atoms with van der Waals surface area (Å²) in [5.41, 5.74) is 2.13. The van der Waals surface area contributed by atoms with E-state index in [-0.39, 0.29) is 11.8 Å². The van der Waals surface area contributed by atoms with Gasteiger partial charge in [0.15, 0.2) is 5.65 Å². The van der Waals surface area contributed by atoms with Crippen molar-refractivity contribution in [1.82, 2.24) is 29.9 Å². The monoisotopic (exact) mass is 393 g/mol. The molecule has 1 saturated heterocycles. The minimum Gasteiger partial charge on any atom is -0.350 e. The van der Waals surface area contributed by atoms with Crippen LogP contribution in [0.3, 0.4) is 0 Å². The molecule has 1 aliphatic heterocycles. The molecule has 1 amide bonds. The molecule has 29 heavy (non-hydrogen) atoms. The van der Waals surface area contributed by atoms with Crippen molar-refractivity contribution < 1.29 is 4.79 Å². The van der Waals surface area contributed by atoms with E-state index in [9.17, 15) is 4.79 Å². The Morgan fingerprint density at radius 1 is 1.14 bits per heavy atom. The van der Waals surface area contributed by atoms with Crippen molar-refractivity contribution in [2.45, 2.75) is 45.4 Å². The van der Waals surface area contributed by atoms with Crippen LogP contribution in [0.2, 0.25) is 0 Å². The lowest BCUT2D eigenvalue weighted by atomic mass is 10.1. The summed E-state index contributed by atoms with van der Waals surface area (Å²) in [4.78, 5) is 24.3. The number of aromatic nitrogens is 5. The second-order valence-electron chi connectivity index (χ2n) is 7.73. The van der Waals surface area contributed by atoms with Crippen LogP contribution in [0.5, 0.6) is 0 Å². The zero-order chi connectivity index (χ0) is 20.2. The number of hydrogen-bond acceptors (Lipinski definition) is 6. The highest BCUT2D eigenvalue weighted by atomic mass is 16.1. The van der Waals surface area contributed by atoms with Crippen molar-refractivity contribution in [1.29, 1.82) is 0 Å². The van der Waals surface area contributed by atoms with Gasteiger partial charge in [-0.1, -0.05) is 19.9 Å². The Morgan fingerprint density at radius 2 is 1.97 bits per heavy atom. The molecule has 0 unspecified atom stereocenters. The average molecular weight is 393 g/mol. The van der Waals surface area contributed by atoms with Crippen molar-refractivity contribution >= 4 is 17.5 Å². The quantitative estimate of drug-likeness (QED) is 0.693. The maximum atomic E-state index is 12.8. The number of piperidine rings is 1. The molecule has 8 nitrogen and oxygen atoms in total. The summed E-state index contributed by atoms with van der Waals surface area (Å²) < 4.78 is 1.93. The maximum absolute atomic E-state index is 12.8. The molecule has 1 aliphatic rings. The largest absolute Gasteiger partial charge is 0.350 e. The van der Waals surface area contributed by atoms with E-state index >= 15 is 0 Å². The van der Waals surface area contributed by atoms with Crippen LogP contribution in [0.4, 0.5) is 5.95 Å². The second-order valence-corrected chi connectivity index (χ2v) is 7.73. The molecule has 0 bridgehead atoms. The number of hydrogen-bond donors (Lipinski definition) is 1. The molecule has 152 valence electrons. The molecule has 0 saturated carbocycles. The van der Waals surface area contributed by atoms with Crippen LogP contribution in [-0.2, 0) is 6.42 Å². The van der Waals surface area contributed by atoms with E-state index in [1.54, 1.807) is 6.07 Å². The highest BCUT2D eigenvalue weighted by Gasteiger charge is 2.19. The molecule has 4 heterocycles. The predicted octanol–water partition coefficient (Wildman–Crippen LogP) is 2.61. The fraction of sp³-hybridized carbons (Fsp3) is 0.476. The topological polar surface area (TPSA) is 88.3 Å². The number of nitrogens with zero attached hydrogens (tertiary/aromatic N) is 6. The zero-order valence-corrected chi connectivity index (χ0v) is 17.0. The Morgan fingerprint density at radius 3 is 2.76 bits per heavy atom. The number of pyridine rings is 1. The summed E-state index contributed by atoms with van der Waals surface area (Å²) in [6.07, 6.45) is 6.05. The van der Waals surface area contributed by atoms with E-state index in [2.05, 4.69) is 39.2 Å². The second kappa shape index (κ2) is 8.55. The van der Waals surface area contributed by atoms with Gasteiger partial charge in [-0.2, -0.15) is 0 Å². The van der Waals surface area contributed by atoms with Crippen molar-refractivity contribution in [3.8, 4) is 0 Å². The molecule has 0 aliphatic carbocycles. The summed E-state index contributed by atoms with van der Waals surface area (Å²) in [6.45, 7) is 6.53. The van der Waals surface area contributed by atoms with Gasteiger partial charge in [-0.3, -0.25) is 9.20 Å². The summed E-state index contributed by atoms with van der Waals surface area (Å²) in [7, 11) is 0. The summed E-state index contributed by atoms with van der Waals surface area (Å²) in [5.74, 6) is 1.54. The number of amides is 1. The van der Waals surface area contributed by atoms with Gasteiger partial charge < -0.3 is 10.2 Å². The van der Waals surface area contributed by atoms with Crippen LogP contribution < -0.4 is 10.2 Å². The molecule has 8 heteroatoms. The van der Waals surface area contributed by atoms with Crippen LogP contribution in [0, 0.1) is 0 Å². The number of carbonyl (C=O) groups excluding carboxylic acids is 1. The molecular weight excluding hydrogens is 366 g/mol. The highest BCUT2D eigenvalue weighted by molar-refractivity contribution is 5.92. The Balaban J connectivity index is 1.46. The van der Waals surface area contributed by atoms with E-state index in [1.165, 1.54) is 6.42 Å². The normalized spacial score (nSPS) is 14.5. The third kappa shape index (κ3) is 4.36. The third-order valence-corrected chi connectivity index (χ3v) is 5.22. The first-order valence-corrected chi connectivity index (χ1v) is 10.3. The Kier molecular flexibility index (Phi) is 5.69. The number of carbonyl (C=O) groups is 1. The van der Waals surface area contributed by atoms with Gasteiger partial charge in [0.05, 0.1) is 0 Å². The van der Waals surface area contributed by atoms with Crippen LogP contribution in [0.25, 0.3) is 5.65 Å². The van der Waals surface area contributed by atoms with E-state index in [4.69, 9.17) is 4.98 Å². The van der Waals surface area contributed by atoms with Gasteiger partial charge in [0.2, 0.25) is 5.95 Å². The standard InChI is InChI=1S/C21H27N7O/c1-15(2)16-14-17(24-21(23-16)27-11-5-3-6-12-27)20(29)22-10-9-19-26-25-18-8-4-7-13-28(18)19/h4,7-8,13-15H,3,5-6,9-12H2,1-2H3,(H,22,29). The van der Waals surface area contributed by atoms with Crippen molar-refractivity contribution in [3.05, 3.63) is 47.7 Å². The summed E-state index contributed by atoms with van der Waals surface area (Å²) in [6, 6.07) is 7.58.